The number of rotatable bonds is 6. The Morgan fingerprint density at radius 3 is 2.62 bits per heavy atom. The van der Waals surface area contributed by atoms with Gasteiger partial charge in [-0.25, -0.2) is 4.98 Å². The first kappa shape index (κ1) is 18.4. The van der Waals surface area contributed by atoms with Crippen LogP contribution in [0.15, 0.2) is 29.2 Å². The maximum atomic E-state index is 12.1. The van der Waals surface area contributed by atoms with Gasteiger partial charge in [-0.1, -0.05) is 36.2 Å². The van der Waals surface area contributed by atoms with Gasteiger partial charge in [-0.3, -0.25) is 9.59 Å². The molecule has 0 unspecified atom stereocenters. The highest BCUT2D eigenvalue weighted by atomic mass is 35.5. The lowest BCUT2D eigenvalue weighted by atomic mass is 10.1. The van der Waals surface area contributed by atoms with Gasteiger partial charge in [-0.05, 0) is 24.1 Å². The topological polar surface area (TPSA) is 95.1 Å². The molecule has 1 heterocycles. The Hall–Kier alpha value is -1.89. The van der Waals surface area contributed by atoms with Crippen LogP contribution in [-0.2, 0) is 6.42 Å². The normalized spacial score (nSPS) is 12.0. The Balaban J connectivity index is 2.15. The van der Waals surface area contributed by atoms with Gasteiger partial charge in [0.2, 0.25) is 0 Å². The van der Waals surface area contributed by atoms with Gasteiger partial charge < -0.3 is 15.4 Å². The van der Waals surface area contributed by atoms with Crippen molar-refractivity contribution >= 4 is 29.1 Å². The molecule has 1 aromatic carbocycles. The van der Waals surface area contributed by atoms with Crippen molar-refractivity contribution in [2.75, 3.05) is 6.54 Å². The lowest BCUT2D eigenvalue weighted by Crippen LogP contribution is -2.35. The number of nitrogens with one attached hydrogen (secondary N) is 2. The zero-order valence-corrected chi connectivity index (χ0v) is 14.5. The average Bonchev–Trinajstić information content (AvgIpc) is 2.56. The van der Waals surface area contributed by atoms with Crippen LogP contribution >= 0.6 is 23.2 Å². The number of carbonyl (C=O) groups excluding carboxylic acids is 1. The van der Waals surface area contributed by atoms with Crippen LogP contribution in [-0.4, -0.2) is 33.6 Å². The predicted molar refractivity (Wildman–Crippen MR) is 92.8 cm³/mol. The molecular weight excluding hydrogens is 353 g/mol. The van der Waals surface area contributed by atoms with Gasteiger partial charge >= 0.3 is 0 Å². The first-order chi connectivity index (χ1) is 11.4. The van der Waals surface area contributed by atoms with Crippen molar-refractivity contribution in [3.8, 4) is 0 Å². The lowest BCUT2D eigenvalue weighted by Gasteiger charge is -2.09. The second-order valence-corrected chi connectivity index (χ2v) is 6.04. The number of halogens is 2. The number of hydrogen-bond acceptors (Lipinski definition) is 4. The standard InChI is InChI=1S/C16H17Cl2N3O3/c1-2-9(22)7-20-15(23)11-8-19-14(21-16(11)24)6-10-12(17)4-3-5-13(10)18/h3-5,8-9,22H,2,6-7H2,1H3,(H,20,23)(H,19,21,24)/t9-/m1/s1. The van der Waals surface area contributed by atoms with Crippen LogP contribution in [0.4, 0.5) is 0 Å². The Bertz CT molecular complexity index is 772. The number of H-pyrrole nitrogens is 1. The Labute approximate surface area is 148 Å². The van der Waals surface area contributed by atoms with E-state index in [1.807, 2.05) is 0 Å². The van der Waals surface area contributed by atoms with E-state index in [0.29, 0.717) is 27.9 Å². The van der Waals surface area contributed by atoms with Crippen molar-refractivity contribution in [3.63, 3.8) is 0 Å². The molecule has 0 fully saturated rings. The molecule has 0 bridgehead atoms. The smallest absolute Gasteiger partial charge is 0.263 e. The fraction of sp³-hybridized carbons (Fsp3) is 0.312. The van der Waals surface area contributed by atoms with E-state index in [9.17, 15) is 14.7 Å². The van der Waals surface area contributed by atoms with Crippen molar-refractivity contribution < 1.29 is 9.90 Å². The summed E-state index contributed by atoms with van der Waals surface area (Å²) < 4.78 is 0. The minimum atomic E-state index is -0.650. The Kier molecular flexibility index (Phi) is 6.36. The largest absolute Gasteiger partial charge is 0.391 e. The van der Waals surface area contributed by atoms with Crippen molar-refractivity contribution in [3.05, 3.63) is 61.7 Å². The molecule has 6 nitrogen and oxygen atoms in total. The van der Waals surface area contributed by atoms with E-state index in [4.69, 9.17) is 23.2 Å². The molecule has 0 spiro atoms. The molecule has 0 aliphatic heterocycles. The van der Waals surface area contributed by atoms with Crippen LogP contribution in [0.1, 0.15) is 35.1 Å². The van der Waals surface area contributed by atoms with E-state index >= 15 is 0 Å². The van der Waals surface area contributed by atoms with Gasteiger partial charge in [-0.15, -0.1) is 0 Å². The molecule has 1 atom stereocenters. The van der Waals surface area contributed by atoms with E-state index in [1.54, 1.807) is 25.1 Å². The molecule has 128 valence electrons. The van der Waals surface area contributed by atoms with E-state index in [2.05, 4.69) is 15.3 Å². The highest BCUT2D eigenvalue weighted by Gasteiger charge is 2.14. The predicted octanol–water partition coefficient (Wildman–Crippen LogP) is 2.17. The molecule has 0 radical (unpaired) electrons. The Morgan fingerprint density at radius 1 is 1.38 bits per heavy atom. The summed E-state index contributed by atoms with van der Waals surface area (Å²) in [7, 11) is 0. The third-order valence-electron chi connectivity index (χ3n) is 3.47. The first-order valence-corrected chi connectivity index (χ1v) is 8.15. The molecular formula is C16H17Cl2N3O3. The van der Waals surface area contributed by atoms with E-state index in [1.165, 1.54) is 6.20 Å². The number of hydrogen-bond donors (Lipinski definition) is 3. The zero-order valence-electron chi connectivity index (χ0n) is 13.0. The summed E-state index contributed by atoms with van der Waals surface area (Å²) in [4.78, 5) is 30.7. The van der Waals surface area contributed by atoms with Gasteiger partial charge in [-0.2, -0.15) is 0 Å². The number of amides is 1. The van der Waals surface area contributed by atoms with Gasteiger partial charge in [0.25, 0.3) is 11.5 Å². The van der Waals surface area contributed by atoms with E-state index in [0.717, 1.165) is 0 Å². The van der Waals surface area contributed by atoms with Crippen LogP contribution < -0.4 is 10.9 Å². The number of carbonyl (C=O) groups is 1. The highest BCUT2D eigenvalue weighted by molar-refractivity contribution is 6.36. The quantitative estimate of drug-likeness (QED) is 0.726. The SMILES string of the molecule is CC[C@@H](O)CNC(=O)c1cnc(Cc2c(Cl)cccc2Cl)[nH]c1=O. The molecule has 24 heavy (non-hydrogen) atoms. The minimum Gasteiger partial charge on any atom is -0.391 e. The second-order valence-electron chi connectivity index (χ2n) is 5.22. The lowest BCUT2D eigenvalue weighted by molar-refractivity contribution is 0.0912. The molecule has 0 saturated carbocycles. The summed E-state index contributed by atoms with van der Waals surface area (Å²) in [5.74, 6) is -0.237. The second kappa shape index (κ2) is 8.28. The maximum Gasteiger partial charge on any atom is 0.263 e. The number of aromatic amines is 1. The fourth-order valence-corrected chi connectivity index (χ4v) is 2.53. The summed E-state index contributed by atoms with van der Waals surface area (Å²) >= 11 is 12.2. The number of nitrogens with zero attached hydrogens (tertiary/aromatic N) is 1. The number of aliphatic hydroxyl groups is 1. The number of benzene rings is 1. The third kappa shape index (κ3) is 4.56. The first-order valence-electron chi connectivity index (χ1n) is 7.39. The maximum absolute atomic E-state index is 12.1. The summed E-state index contributed by atoms with van der Waals surface area (Å²) in [5.41, 5.74) is -0.0359. The number of aliphatic hydroxyl groups excluding tert-OH is 1. The third-order valence-corrected chi connectivity index (χ3v) is 4.18. The molecule has 3 N–H and O–H groups in total. The molecule has 8 heteroatoms. The monoisotopic (exact) mass is 369 g/mol. The van der Waals surface area contributed by atoms with Crippen LogP contribution in [0.5, 0.6) is 0 Å². The molecule has 0 aliphatic carbocycles. The van der Waals surface area contributed by atoms with Gasteiger partial charge in [0.15, 0.2) is 0 Å². The van der Waals surface area contributed by atoms with Gasteiger partial charge in [0.05, 0.1) is 6.10 Å². The summed E-state index contributed by atoms with van der Waals surface area (Å²) in [5, 5.41) is 12.9. The Morgan fingerprint density at radius 2 is 2.04 bits per heavy atom. The van der Waals surface area contributed by atoms with E-state index < -0.39 is 17.6 Å². The molecule has 2 aromatic rings. The molecule has 0 aliphatic rings. The minimum absolute atomic E-state index is 0.0752. The van der Waals surface area contributed by atoms with Crippen molar-refractivity contribution in [2.45, 2.75) is 25.9 Å². The summed E-state index contributed by atoms with van der Waals surface area (Å²) in [6, 6.07) is 5.12. The summed E-state index contributed by atoms with van der Waals surface area (Å²) in [6.45, 7) is 1.87. The molecule has 1 aromatic heterocycles. The number of aromatic nitrogens is 2. The highest BCUT2D eigenvalue weighted by Crippen LogP contribution is 2.25. The van der Waals surface area contributed by atoms with Gasteiger partial charge in [0.1, 0.15) is 11.4 Å². The van der Waals surface area contributed by atoms with Crippen molar-refractivity contribution in [2.24, 2.45) is 0 Å². The van der Waals surface area contributed by atoms with E-state index in [-0.39, 0.29) is 18.5 Å². The molecule has 0 saturated heterocycles. The molecule has 1 amide bonds. The zero-order chi connectivity index (χ0) is 17.7. The van der Waals surface area contributed by atoms with Crippen molar-refractivity contribution in [1.29, 1.82) is 0 Å². The average molecular weight is 370 g/mol. The van der Waals surface area contributed by atoms with Crippen LogP contribution in [0.25, 0.3) is 0 Å². The van der Waals surface area contributed by atoms with Crippen LogP contribution in [0, 0.1) is 0 Å². The fourth-order valence-electron chi connectivity index (χ4n) is 2.00. The van der Waals surface area contributed by atoms with Crippen LogP contribution in [0.3, 0.4) is 0 Å². The molecule has 2 rings (SSSR count). The van der Waals surface area contributed by atoms with Crippen LogP contribution in [0.2, 0.25) is 10.0 Å². The van der Waals surface area contributed by atoms with Crippen molar-refractivity contribution in [1.82, 2.24) is 15.3 Å². The summed E-state index contributed by atoms with van der Waals surface area (Å²) in [6.07, 6.45) is 1.30. The van der Waals surface area contributed by atoms with Gasteiger partial charge in [0, 0.05) is 29.2 Å².